The summed E-state index contributed by atoms with van der Waals surface area (Å²) in [7, 11) is 0. The first-order chi connectivity index (χ1) is 15.9. The minimum absolute atomic E-state index is 0.737. The number of benzene rings is 4. The molecule has 0 amide bonds. The van der Waals surface area contributed by atoms with E-state index in [0.717, 1.165) is 44.6 Å². The summed E-state index contributed by atoms with van der Waals surface area (Å²) in [5.41, 5.74) is 5.28. The SMILES string of the molecule is c1ccc(-n2ncc3ccccc32)c(N=Nc2ccccc2-n2ncc3ccccc32)c1. The van der Waals surface area contributed by atoms with Gasteiger partial charge in [0.05, 0.1) is 34.8 Å². The summed E-state index contributed by atoms with van der Waals surface area (Å²) in [5.74, 6) is 0. The second-order valence-electron chi connectivity index (χ2n) is 7.41. The first-order valence-electron chi connectivity index (χ1n) is 10.3. The van der Waals surface area contributed by atoms with Crippen molar-refractivity contribution in [1.29, 1.82) is 0 Å². The van der Waals surface area contributed by atoms with E-state index in [-0.39, 0.29) is 0 Å². The lowest BCUT2D eigenvalue weighted by Gasteiger charge is -2.08. The molecule has 32 heavy (non-hydrogen) atoms. The maximum Gasteiger partial charge on any atom is 0.111 e. The minimum Gasteiger partial charge on any atom is -0.231 e. The van der Waals surface area contributed by atoms with E-state index in [2.05, 4.69) is 20.4 Å². The molecule has 0 bridgehead atoms. The van der Waals surface area contributed by atoms with Gasteiger partial charge in [-0.1, -0.05) is 60.7 Å². The molecule has 6 rings (SSSR count). The second-order valence-corrected chi connectivity index (χ2v) is 7.41. The van der Waals surface area contributed by atoms with Crippen molar-refractivity contribution in [1.82, 2.24) is 19.6 Å². The fraction of sp³-hybridized carbons (Fsp3) is 0. The lowest BCUT2D eigenvalue weighted by molar-refractivity contribution is 0.902. The summed E-state index contributed by atoms with van der Waals surface area (Å²) in [6, 6.07) is 32.0. The number of fused-ring (bicyclic) bond motifs is 2. The molecule has 0 saturated carbocycles. The summed E-state index contributed by atoms with van der Waals surface area (Å²) in [4.78, 5) is 0. The van der Waals surface area contributed by atoms with E-state index in [1.54, 1.807) is 0 Å². The Balaban J connectivity index is 1.44. The summed E-state index contributed by atoms with van der Waals surface area (Å²) in [6.07, 6.45) is 3.72. The summed E-state index contributed by atoms with van der Waals surface area (Å²) < 4.78 is 3.80. The third-order valence-electron chi connectivity index (χ3n) is 5.44. The molecule has 0 atom stereocenters. The number of aromatic nitrogens is 4. The summed E-state index contributed by atoms with van der Waals surface area (Å²) in [5, 5.41) is 20.5. The normalized spacial score (nSPS) is 11.6. The highest BCUT2D eigenvalue weighted by molar-refractivity contribution is 5.82. The molecule has 0 spiro atoms. The van der Waals surface area contributed by atoms with Gasteiger partial charge < -0.3 is 0 Å². The Morgan fingerprint density at radius 1 is 0.469 bits per heavy atom. The molecule has 0 saturated heterocycles. The highest BCUT2D eigenvalue weighted by atomic mass is 15.3. The molecule has 4 aromatic carbocycles. The van der Waals surface area contributed by atoms with Gasteiger partial charge in [0.2, 0.25) is 0 Å². The van der Waals surface area contributed by atoms with E-state index in [4.69, 9.17) is 0 Å². The van der Waals surface area contributed by atoms with Crippen molar-refractivity contribution in [3.8, 4) is 11.4 Å². The molecule has 0 aliphatic carbocycles. The van der Waals surface area contributed by atoms with Crippen LogP contribution in [0.1, 0.15) is 0 Å². The zero-order chi connectivity index (χ0) is 21.3. The number of nitrogens with zero attached hydrogens (tertiary/aromatic N) is 6. The molecule has 0 aliphatic heterocycles. The lowest BCUT2D eigenvalue weighted by atomic mass is 10.2. The van der Waals surface area contributed by atoms with Crippen molar-refractivity contribution >= 4 is 33.2 Å². The van der Waals surface area contributed by atoms with Crippen LogP contribution in [0.3, 0.4) is 0 Å². The number of hydrogen-bond donors (Lipinski definition) is 0. The van der Waals surface area contributed by atoms with E-state index >= 15 is 0 Å². The molecule has 0 aliphatic rings. The zero-order valence-electron chi connectivity index (χ0n) is 17.1. The smallest absolute Gasteiger partial charge is 0.111 e. The highest BCUT2D eigenvalue weighted by Gasteiger charge is 2.11. The average molecular weight is 414 g/mol. The fourth-order valence-corrected chi connectivity index (χ4v) is 3.89. The van der Waals surface area contributed by atoms with Crippen LogP contribution in [0.4, 0.5) is 11.4 Å². The molecule has 6 nitrogen and oxygen atoms in total. The average Bonchev–Trinajstić information content (AvgIpc) is 3.48. The van der Waals surface area contributed by atoms with E-state index in [9.17, 15) is 0 Å². The molecule has 0 fully saturated rings. The van der Waals surface area contributed by atoms with E-state index in [1.807, 2.05) is 119 Å². The van der Waals surface area contributed by atoms with Gasteiger partial charge in [0.1, 0.15) is 11.4 Å². The zero-order valence-corrected chi connectivity index (χ0v) is 17.1. The molecule has 0 unspecified atom stereocenters. The molecule has 0 radical (unpaired) electrons. The Morgan fingerprint density at radius 2 is 0.875 bits per heavy atom. The predicted octanol–water partition coefficient (Wildman–Crippen LogP) is 6.78. The van der Waals surface area contributed by atoms with Crippen LogP contribution >= 0.6 is 0 Å². The number of azo groups is 1. The van der Waals surface area contributed by atoms with Crippen LogP contribution in [0.25, 0.3) is 33.2 Å². The fourth-order valence-electron chi connectivity index (χ4n) is 3.89. The van der Waals surface area contributed by atoms with Crippen molar-refractivity contribution in [2.45, 2.75) is 0 Å². The Labute approximate surface area is 184 Å². The van der Waals surface area contributed by atoms with E-state index in [1.165, 1.54) is 0 Å². The van der Waals surface area contributed by atoms with Crippen LogP contribution in [0.15, 0.2) is 120 Å². The van der Waals surface area contributed by atoms with Crippen LogP contribution < -0.4 is 0 Å². The number of para-hydroxylation sites is 4. The molecule has 0 N–H and O–H groups in total. The van der Waals surface area contributed by atoms with Crippen molar-refractivity contribution < 1.29 is 0 Å². The quantitative estimate of drug-likeness (QED) is 0.299. The molecular formula is C26H18N6. The van der Waals surface area contributed by atoms with Crippen molar-refractivity contribution in [3.05, 3.63) is 109 Å². The van der Waals surface area contributed by atoms with Crippen LogP contribution in [0.2, 0.25) is 0 Å². The Morgan fingerprint density at radius 3 is 1.38 bits per heavy atom. The molecule has 2 heterocycles. The Hall–Kier alpha value is -4.58. The third-order valence-corrected chi connectivity index (χ3v) is 5.44. The van der Waals surface area contributed by atoms with Crippen molar-refractivity contribution in [3.63, 3.8) is 0 Å². The highest BCUT2D eigenvalue weighted by Crippen LogP contribution is 2.31. The molecule has 2 aromatic heterocycles. The standard InChI is InChI=1S/C26H18N6/c1-5-13-23-19(9-1)17-27-31(23)25-15-7-3-11-21(25)29-30-22-12-4-8-16-26(22)32-24-14-6-2-10-20(24)18-28-32/h1-18H. The van der Waals surface area contributed by atoms with Crippen LogP contribution in [-0.4, -0.2) is 19.6 Å². The van der Waals surface area contributed by atoms with E-state index in [0.29, 0.717) is 0 Å². The number of rotatable bonds is 4. The van der Waals surface area contributed by atoms with Crippen LogP contribution in [0.5, 0.6) is 0 Å². The monoisotopic (exact) mass is 414 g/mol. The minimum atomic E-state index is 0.737. The Bertz CT molecular complexity index is 1470. The summed E-state index contributed by atoms with van der Waals surface area (Å²) in [6.45, 7) is 0. The second kappa shape index (κ2) is 7.59. The molecule has 152 valence electrons. The predicted molar refractivity (Wildman–Crippen MR) is 126 cm³/mol. The van der Waals surface area contributed by atoms with E-state index < -0.39 is 0 Å². The molecule has 6 aromatic rings. The first-order valence-corrected chi connectivity index (χ1v) is 10.3. The van der Waals surface area contributed by atoms with Crippen molar-refractivity contribution in [2.24, 2.45) is 10.2 Å². The maximum absolute atomic E-state index is 4.61. The van der Waals surface area contributed by atoms with Gasteiger partial charge in [0.15, 0.2) is 0 Å². The van der Waals surface area contributed by atoms with Gasteiger partial charge in [-0.3, -0.25) is 0 Å². The van der Waals surface area contributed by atoms with Crippen molar-refractivity contribution in [2.75, 3.05) is 0 Å². The third kappa shape index (κ3) is 3.06. The van der Waals surface area contributed by atoms with Gasteiger partial charge in [-0.2, -0.15) is 10.2 Å². The Kier molecular flexibility index (Phi) is 4.32. The first kappa shape index (κ1) is 18.2. The summed E-state index contributed by atoms with van der Waals surface area (Å²) >= 11 is 0. The van der Waals surface area contributed by atoms with Gasteiger partial charge in [0, 0.05) is 10.8 Å². The van der Waals surface area contributed by atoms with Gasteiger partial charge in [0.25, 0.3) is 0 Å². The van der Waals surface area contributed by atoms with Gasteiger partial charge >= 0.3 is 0 Å². The van der Waals surface area contributed by atoms with Gasteiger partial charge in [-0.15, -0.1) is 10.2 Å². The maximum atomic E-state index is 4.61. The van der Waals surface area contributed by atoms with Gasteiger partial charge in [-0.05, 0) is 36.4 Å². The van der Waals surface area contributed by atoms with Crippen LogP contribution in [0, 0.1) is 0 Å². The molecular weight excluding hydrogens is 396 g/mol. The topological polar surface area (TPSA) is 60.4 Å². The lowest BCUT2D eigenvalue weighted by Crippen LogP contribution is -1.96. The van der Waals surface area contributed by atoms with Crippen LogP contribution in [-0.2, 0) is 0 Å². The largest absolute Gasteiger partial charge is 0.231 e. The van der Waals surface area contributed by atoms with Gasteiger partial charge in [-0.25, -0.2) is 9.36 Å². The number of hydrogen-bond acceptors (Lipinski definition) is 4. The molecule has 6 heteroatoms.